The van der Waals surface area contributed by atoms with Crippen LogP contribution in [0.3, 0.4) is 0 Å². The van der Waals surface area contributed by atoms with Gasteiger partial charge in [0, 0.05) is 13.0 Å². The Hall–Kier alpha value is -2.08. The normalized spacial score (nSPS) is 13.3. The Balaban J connectivity index is 1.90. The van der Waals surface area contributed by atoms with Crippen LogP contribution in [0, 0.1) is 0 Å². The van der Waals surface area contributed by atoms with Crippen molar-refractivity contribution in [3.05, 3.63) is 54.4 Å². The summed E-state index contributed by atoms with van der Waals surface area (Å²) in [4.78, 5) is 11.8. The fraction of sp³-hybridized carbons (Fsp3) is 0.353. The number of benzene rings is 1. The van der Waals surface area contributed by atoms with Crippen LogP contribution in [0.5, 0.6) is 0 Å². The van der Waals surface area contributed by atoms with Crippen LogP contribution in [0.15, 0.2) is 52.6 Å². The van der Waals surface area contributed by atoms with Crippen molar-refractivity contribution in [1.82, 2.24) is 15.5 Å². The molecule has 6 heteroatoms. The maximum absolute atomic E-state index is 11.8. The molecule has 5 nitrogen and oxygen atoms in total. The molecule has 2 unspecified atom stereocenters. The molecule has 2 rings (SSSR count). The van der Waals surface area contributed by atoms with Gasteiger partial charge >= 0.3 is 0 Å². The number of carbonyl (C=O) groups is 1. The number of aromatic nitrogens is 2. The summed E-state index contributed by atoms with van der Waals surface area (Å²) in [6.07, 6.45) is 2.32. The van der Waals surface area contributed by atoms with Crippen molar-refractivity contribution in [3.63, 3.8) is 0 Å². The summed E-state index contributed by atoms with van der Waals surface area (Å²) in [5.74, 6) is 0.803. The Labute approximate surface area is 140 Å². The second kappa shape index (κ2) is 8.53. The molecule has 0 saturated heterocycles. The monoisotopic (exact) mass is 331 g/mol. The smallest absolute Gasteiger partial charge is 0.277 e. The molecular weight excluding hydrogens is 310 g/mol. The number of hydrogen-bond donors (Lipinski definition) is 1. The van der Waals surface area contributed by atoms with Crippen LogP contribution in [0.1, 0.15) is 31.2 Å². The molecular formula is C17H21N3O2S. The molecule has 1 aromatic heterocycles. The first-order valence-corrected chi connectivity index (χ1v) is 8.40. The summed E-state index contributed by atoms with van der Waals surface area (Å²) in [6.45, 7) is 7.95. The molecule has 1 aromatic carbocycles. The summed E-state index contributed by atoms with van der Waals surface area (Å²) < 4.78 is 5.64. The lowest BCUT2D eigenvalue weighted by molar-refractivity contribution is -0.120. The van der Waals surface area contributed by atoms with Crippen LogP contribution < -0.4 is 5.32 Å². The van der Waals surface area contributed by atoms with E-state index in [0.717, 1.165) is 0 Å². The molecule has 0 saturated carbocycles. The fourth-order valence-corrected chi connectivity index (χ4v) is 2.78. The summed E-state index contributed by atoms with van der Waals surface area (Å²) in [5.41, 5.74) is 1.23. The minimum atomic E-state index is -0.296. The number of amides is 1. The molecule has 1 N–H and O–H groups in total. The van der Waals surface area contributed by atoms with E-state index in [9.17, 15) is 4.79 Å². The highest BCUT2D eigenvalue weighted by Crippen LogP contribution is 2.24. The topological polar surface area (TPSA) is 68.0 Å². The predicted octanol–water partition coefficient (Wildman–Crippen LogP) is 3.20. The molecule has 122 valence electrons. The van der Waals surface area contributed by atoms with Crippen molar-refractivity contribution in [2.45, 2.75) is 36.7 Å². The van der Waals surface area contributed by atoms with Crippen LogP contribution in [-0.2, 0) is 11.2 Å². The van der Waals surface area contributed by atoms with Crippen LogP contribution in [-0.4, -0.2) is 27.9 Å². The van der Waals surface area contributed by atoms with Crippen LogP contribution in [0.25, 0.3) is 0 Å². The summed E-state index contributed by atoms with van der Waals surface area (Å²) >= 11 is 1.26. The van der Waals surface area contributed by atoms with Gasteiger partial charge in [0.1, 0.15) is 0 Å². The average Bonchev–Trinajstić information content (AvgIpc) is 3.00. The van der Waals surface area contributed by atoms with E-state index in [1.165, 1.54) is 17.3 Å². The molecule has 0 aliphatic rings. The highest BCUT2D eigenvalue weighted by atomic mass is 32.2. The number of nitrogens with one attached hydrogen (secondary N) is 1. The van der Waals surface area contributed by atoms with E-state index in [4.69, 9.17) is 4.42 Å². The Kier molecular flexibility index (Phi) is 6.40. The van der Waals surface area contributed by atoms with Gasteiger partial charge in [-0.3, -0.25) is 4.79 Å². The zero-order chi connectivity index (χ0) is 16.7. The third-order valence-electron chi connectivity index (χ3n) is 3.37. The molecule has 1 heterocycles. The van der Waals surface area contributed by atoms with Gasteiger partial charge in [-0.25, -0.2) is 0 Å². The molecule has 0 radical (unpaired) electrons. The summed E-state index contributed by atoms with van der Waals surface area (Å²) in [6, 6.07) is 10.2. The highest BCUT2D eigenvalue weighted by Gasteiger charge is 2.18. The molecule has 2 atom stereocenters. The minimum absolute atomic E-state index is 0.0766. The Morgan fingerprint density at radius 3 is 2.78 bits per heavy atom. The standard InChI is InChI=1S/C17H21N3O2S/c1-4-10-18-16(21)13(3)23-17-20-19-15(22-17)11-12(2)14-8-6-5-7-9-14/h4-9,12-13H,1,10-11H2,2-3H3,(H,18,21). The SMILES string of the molecule is C=CCNC(=O)C(C)Sc1nnc(CC(C)c2ccccc2)o1. The number of thioether (sulfide) groups is 1. The molecule has 1 amide bonds. The van der Waals surface area contributed by atoms with Gasteiger partial charge in [-0.1, -0.05) is 55.1 Å². The first kappa shape index (κ1) is 17.3. The Morgan fingerprint density at radius 1 is 1.35 bits per heavy atom. The highest BCUT2D eigenvalue weighted by molar-refractivity contribution is 8.00. The number of rotatable bonds is 8. The maximum Gasteiger partial charge on any atom is 0.277 e. The van der Waals surface area contributed by atoms with Crippen LogP contribution in [0.2, 0.25) is 0 Å². The van der Waals surface area contributed by atoms with Gasteiger partial charge in [0.05, 0.1) is 5.25 Å². The van der Waals surface area contributed by atoms with E-state index in [-0.39, 0.29) is 11.2 Å². The number of hydrogen-bond acceptors (Lipinski definition) is 5. The Morgan fingerprint density at radius 2 is 2.09 bits per heavy atom. The number of nitrogens with zero attached hydrogens (tertiary/aromatic N) is 2. The summed E-state index contributed by atoms with van der Waals surface area (Å²) in [5, 5.41) is 10.9. The zero-order valence-corrected chi connectivity index (χ0v) is 14.2. The van der Waals surface area contributed by atoms with Crippen molar-refractivity contribution < 1.29 is 9.21 Å². The van der Waals surface area contributed by atoms with E-state index >= 15 is 0 Å². The lowest BCUT2D eigenvalue weighted by atomic mass is 9.98. The molecule has 0 aliphatic carbocycles. The van der Waals surface area contributed by atoms with Gasteiger partial charge in [-0.15, -0.1) is 16.8 Å². The second-order valence-corrected chi connectivity index (χ2v) is 6.56. The molecule has 2 aromatic rings. The third-order valence-corrected chi connectivity index (χ3v) is 4.30. The quantitative estimate of drug-likeness (QED) is 0.594. The van der Waals surface area contributed by atoms with Crippen LogP contribution >= 0.6 is 11.8 Å². The van der Waals surface area contributed by atoms with E-state index in [1.807, 2.05) is 18.2 Å². The minimum Gasteiger partial charge on any atom is -0.416 e. The van der Waals surface area contributed by atoms with Gasteiger partial charge in [0.15, 0.2) is 0 Å². The van der Waals surface area contributed by atoms with Gasteiger partial charge < -0.3 is 9.73 Å². The second-order valence-electron chi connectivity index (χ2n) is 5.27. The van der Waals surface area contributed by atoms with Crippen molar-refractivity contribution in [2.24, 2.45) is 0 Å². The molecule has 0 spiro atoms. The maximum atomic E-state index is 11.8. The van der Waals surface area contributed by atoms with E-state index < -0.39 is 0 Å². The van der Waals surface area contributed by atoms with Gasteiger partial charge in [0.2, 0.25) is 11.8 Å². The van der Waals surface area contributed by atoms with Gasteiger partial charge in [0.25, 0.3) is 5.22 Å². The number of carbonyl (C=O) groups excluding carboxylic acids is 1. The lowest BCUT2D eigenvalue weighted by Gasteiger charge is -2.09. The summed E-state index contributed by atoms with van der Waals surface area (Å²) in [7, 11) is 0. The van der Waals surface area contributed by atoms with Gasteiger partial charge in [-0.2, -0.15) is 0 Å². The molecule has 23 heavy (non-hydrogen) atoms. The van der Waals surface area contributed by atoms with Crippen molar-refractivity contribution >= 4 is 17.7 Å². The predicted molar refractivity (Wildman–Crippen MR) is 91.4 cm³/mol. The first-order valence-electron chi connectivity index (χ1n) is 7.52. The zero-order valence-electron chi connectivity index (χ0n) is 13.4. The lowest BCUT2D eigenvalue weighted by Crippen LogP contribution is -2.30. The molecule has 0 aliphatic heterocycles. The largest absolute Gasteiger partial charge is 0.416 e. The van der Waals surface area contributed by atoms with Crippen molar-refractivity contribution in [1.29, 1.82) is 0 Å². The molecule has 0 fully saturated rings. The molecule has 0 bridgehead atoms. The van der Waals surface area contributed by atoms with E-state index in [2.05, 4.69) is 41.1 Å². The Bertz CT molecular complexity index is 642. The van der Waals surface area contributed by atoms with Gasteiger partial charge in [-0.05, 0) is 18.4 Å². The van der Waals surface area contributed by atoms with Crippen molar-refractivity contribution in [3.8, 4) is 0 Å². The average molecular weight is 331 g/mol. The van der Waals surface area contributed by atoms with E-state index in [1.54, 1.807) is 13.0 Å². The van der Waals surface area contributed by atoms with E-state index in [0.29, 0.717) is 30.0 Å². The fourth-order valence-electron chi connectivity index (χ4n) is 2.05. The van der Waals surface area contributed by atoms with Crippen LogP contribution in [0.4, 0.5) is 0 Å². The van der Waals surface area contributed by atoms with Crippen molar-refractivity contribution in [2.75, 3.05) is 6.54 Å². The first-order chi connectivity index (χ1) is 11.1. The third kappa shape index (κ3) is 5.25.